The molecule has 0 fully saturated rings. The second-order valence-electron chi connectivity index (χ2n) is 3.61. The number of benzene rings is 2. The number of hydrogen-bond donors (Lipinski definition) is 0. The third kappa shape index (κ3) is 2.53. The van der Waals surface area contributed by atoms with Gasteiger partial charge in [-0.3, -0.25) is 4.79 Å². The summed E-state index contributed by atoms with van der Waals surface area (Å²) in [7, 11) is 0. The van der Waals surface area contributed by atoms with E-state index in [-0.39, 0.29) is 11.3 Å². The SMILES string of the molecule is O=C(c1ccccc1)C(Cl)c1ccccc1F. The van der Waals surface area contributed by atoms with E-state index in [4.69, 9.17) is 11.6 Å². The second kappa shape index (κ2) is 5.11. The second-order valence-corrected chi connectivity index (χ2v) is 4.05. The van der Waals surface area contributed by atoms with Gasteiger partial charge in [-0.25, -0.2) is 4.39 Å². The van der Waals surface area contributed by atoms with Gasteiger partial charge in [-0.15, -0.1) is 11.6 Å². The van der Waals surface area contributed by atoms with Gasteiger partial charge in [0.2, 0.25) is 0 Å². The highest BCUT2D eigenvalue weighted by molar-refractivity contribution is 6.33. The third-order valence-electron chi connectivity index (χ3n) is 2.47. The summed E-state index contributed by atoms with van der Waals surface area (Å²) in [5.74, 6) is -0.755. The molecular weight excluding hydrogens is 239 g/mol. The van der Waals surface area contributed by atoms with Crippen molar-refractivity contribution in [1.82, 2.24) is 0 Å². The number of Topliss-reactive ketones (excluding diaryl/α,β-unsaturated/α-hetero) is 1. The first-order valence-electron chi connectivity index (χ1n) is 5.18. The van der Waals surface area contributed by atoms with E-state index in [1.807, 2.05) is 6.07 Å². The van der Waals surface area contributed by atoms with E-state index < -0.39 is 11.2 Å². The number of ketones is 1. The molecule has 0 aliphatic rings. The highest BCUT2D eigenvalue weighted by Gasteiger charge is 2.21. The number of hydrogen-bond acceptors (Lipinski definition) is 1. The van der Waals surface area contributed by atoms with Crippen molar-refractivity contribution in [1.29, 1.82) is 0 Å². The van der Waals surface area contributed by atoms with Crippen molar-refractivity contribution in [3.8, 4) is 0 Å². The highest BCUT2D eigenvalue weighted by Crippen LogP contribution is 2.26. The van der Waals surface area contributed by atoms with Crippen LogP contribution in [-0.2, 0) is 0 Å². The number of carbonyl (C=O) groups is 1. The van der Waals surface area contributed by atoms with E-state index >= 15 is 0 Å². The van der Waals surface area contributed by atoms with Crippen LogP contribution in [0.25, 0.3) is 0 Å². The van der Waals surface area contributed by atoms with Crippen molar-refractivity contribution in [3.63, 3.8) is 0 Å². The molecule has 1 atom stereocenters. The van der Waals surface area contributed by atoms with Crippen LogP contribution in [0.5, 0.6) is 0 Å². The van der Waals surface area contributed by atoms with Gasteiger partial charge >= 0.3 is 0 Å². The first-order valence-corrected chi connectivity index (χ1v) is 5.61. The Morgan fingerprint density at radius 3 is 2.24 bits per heavy atom. The van der Waals surface area contributed by atoms with Gasteiger partial charge in [-0.2, -0.15) is 0 Å². The molecule has 0 bridgehead atoms. The molecule has 86 valence electrons. The average Bonchev–Trinajstić information content (AvgIpc) is 2.39. The maximum atomic E-state index is 13.5. The summed E-state index contributed by atoms with van der Waals surface area (Å²) in [6, 6.07) is 14.7. The quantitative estimate of drug-likeness (QED) is 0.593. The molecule has 0 saturated carbocycles. The molecule has 0 amide bonds. The Balaban J connectivity index is 2.30. The molecule has 0 aliphatic heterocycles. The van der Waals surface area contributed by atoms with Crippen LogP contribution in [-0.4, -0.2) is 5.78 Å². The van der Waals surface area contributed by atoms with Gasteiger partial charge in [-0.05, 0) is 6.07 Å². The molecule has 0 radical (unpaired) electrons. The van der Waals surface area contributed by atoms with Crippen molar-refractivity contribution in [3.05, 3.63) is 71.5 Å². The van der Waals surface area contributed by atoms with Gasteiger partial charge in [0.1, 0.15) is 11.2 Å². The van der Waals surface area contributed by atoms with E-state index in [0.29, 0.717) is 5.56 Å². The highest BCUT2D eigenvalue weighted by atomic mass is 35.5. The lowest BCUT2D eigenvalue weighted by Crippen LogP contribution is -2.08. The lowest BCUT2D eigenvalue weighted by molar-refractivity contribution is 0.0986. The summed E-state index contributed by atoms with van der Waals surface area (Å²) in [6.07, 6.45) is 0. The normalized spacial score (nSPS) is 12.1. The molecule has 2 aromatic rings. The lowest BCUT2D eigenvalue weighted by atomic mass is 10.0. The summed E-state index contributed by atoms with van der Waals surface area (Å²) in [5, 5.41) is -0.987. The molecule has 0 aliphatic carbocycles. The zero-order chi connectivity index (χ0) is 12.3. The maximum absolute atomic E-state index is 13.5. The summed E-state index contributed by atoms with van der Waals surface area (Å²) >= 11 is 6.01. The Labute approximate surface area is 104 Å². The minimum absolute atomic E-state index is 0.211. The average molecular weight is 249 g/mol. The fourth-order valence-corrected chi connectivity index (χ4v) is 1.87. The van der Waals surface area contributed by atoms with Crippen LogP contribution in [0, 0.1) is 5.82 Å². The number of halogens is 2. The molecule has 0 aromatic heterocycles. The summed E-state index contributed by atoms with van der Waals surface area (Å²) in [4.78, 5) is 12.0. The largest absolute Gasteiger partial charge is 0.292 e. The van der Waals surface area contributed by atoms with E-state index in [0.717, 1.165) is 0 Å². The van der Waals surface area contributed by atoms with Gasteiger partial charge in [-0.1, -0.05) is 48.5 Å². The van der Waals surface area contributed by atoms with E-state index in [9.17, 15) is 9.18 Å². The van der Waals surface area contributed by atoms with Crippen molar-refractivity contribution in [2.45, 2.75) is 5.38 Å². The molecule has 0 spiro atoms. The van der Waals surface area contributed by atoms with Crippen molar-refractivity contribution >= 4 is 17.4 Å². The summed E-state index contributed by atoms with van der Waals surface area (Å²) in [5.41, 5.74) is 0.693. The minimum atomic E-state index is -0.987. The summed E-state index contributed by atoms with van der Waals surface area (Å²) in [6.45, 7) is 0. The molecule has 3 heteroatoms. The zero-order valence-corrected chi connectivity index (χ0v) is 9.69. The predicted octanol–water partition coefficient (Wildman–Crippen LogP) is 3.99. The fourth-order valence-electron chi connectivity index (χ4n) is 1.57. The maximum Gasteiger partial charge on any atom is 0.185 e. The van der Waals surface area contributed by atoms with Crippen LogP contribution in [0.3, 0.4) is 0 Å². The number of carbonyl (C=O) groups excluding carboxylic acids is 1. The van der Waals surface area contributed by atoms with Crippen LogP contribution in [0.15, 0.2) is 54.6 Å². The van der Waals surface area contributed by atoms with Gasteiger partial charge in [0.25, 0.3) is 0 Å². The van der Waals surface area contributed by atoms with E-state index in [1.54, 1.807) is 36.4 Å². The monoisotopic (exact) mass is 248 g/mol. The predicted molar refractivity (Wildman–Crippen MR) is 65.8 cm³/mol. The van der Waals surface area contributed by atoms with Crippen LogP contribution in [0.1, 0.15) is 21.3 Å². The van der Waals surface area contributed by atoms with Gasteiger partial charge in [0.15, 0.2) is 5.78 Å². The molecule has 17 heavy (non-hydrogen) atoms. The zero-order valence-electron chi connectivity index (χ0n) is 8.94. The van der Waals surface area contributed by atoms with Crippen molar-refractivity contribution < 1.29 is 9.18 Å². The standard InChI is InChI=1S/C14H10ClFO/c15-13(11-8-4-5-9-12(11)16)14(17)10-6-2-1-3-7-10/h1-9,13H. The Morgan fingerprint density at radius 1 is 1.00 bits per heavy atom. The molecular formula is C14H10ClFO. The molecule has 2 rings (SSSR count). The molecule has 0 saturated heterocycles. The molecule has 1 unspecified atom stereocenters. The third-order valence-corrected chi connectivity index (χ3v) is 2.90. The van der Waals surface area contributed by atoms with Crippen LogP contribution < -0.4 is 0 Å². The molecule has 2 aromatic carbocycles. The molecule has 0 N–H and O–H groups in total. The number of alkyl halides is 1. The minimum Gasteiger partial charge on any atom is -0.292 e. The van der Waals surface area contributed by atoms with Gasteiger partial charge < -0.3 is 0 Å². The number of rotatable bonds is 3. The van der Waals surface area contributed by atoms with Crippen LogP contribution in [0.4, 0.5) is 4.39 Å². The molecule has 0 heterocycles. The fraction of sp³-hybridized carbons (Fsp3) is 0.0714. The first-order chi connectivity index (χ1) is 8.20. The van der Waals surface area contributed by atoms with Crippen LogP contribution >= 0.6 is 11.6 Å². The van der Waals surface area contributed by atoms with Crippen molar-refractivity contribution in [2.75, 3.05) is 0 Å². The Bertz CT molecular complexity index is 525. The van der Waals surface area contributed by atoms with Crippen molar-refractivity contribution in [2.24, 2.45) is 0 Å². The smallest absolute Gasteiger partial charge is 0.185 e. The van der Waals surface area contributed by atoms with Crippen LogP contribution in [0.2, 0.25) is 0 Å². The topological polar surface area (TPSA) is 17.1 Å². The molecule has 1 nitrogen and oxygen atoms in total. The Kier molecular flexibility index (Phi) is 3.55. The first kappa shape index (κ1) is 11.8. The van der Waals surface area contributed by atoms with Gasteiger partial charge in [0.05, 0.1) is 0 Å². The summed E-state index contributed by atoms with van der Waals surface area (Å²) < 4.78 is 13.5. The van der Waals surface area contributed by atoms with Gasteiger partial charge in [0, 0.05) is 11.1 Å². The van der Waals surface area contributed by atoms with E-state index in [1.165, 1.54) is 12.1 Å². The Morgan fingerprint density at radius 2 is 1.59 bits per heavy atom. The Hall–Kier alpha value is -1.67. The lowest BCUT2D eigenvalue weighted by Gasteiger charge is -2.09. The van der Waals surface area contributed by atoms with E-state index in [2.05, 4.69) is 0 Å².